The molecule has 0 saturated heterocycles. The van der Waals surface area contributed by atoms with E-state index in [-0.39, 0.29) is 18.5 Å². The van der Waals surface area contributed by atoms with Crippen LogP contribution in [0, 0.1) is 5.92 Å². The maximum absolute atomic E-state index is 12.2. The van der Waals surface area contributed by atoms with Crippen LogP contribution in [-0.2, 0) is 19.1 Å². The third-order valence-corrected chi connectivity index (χ3v) is 4.23. The van der Waals surface area contributed by atoms with Crippen LogP contribution < -0.4 is 5.43 Å². The standard InChI is InChI=1S/C17H24N2O4/c1-5-22-16(21)14-13-10-6-7-11(8-10)15(13)19(18-14)9-12(20)23-17(2,3)4/h7,10,14,18H,5-6,8-9H2,1-4H3. The van der Waals surface area contributed by atoms with Gasteiger partial charge in [0.05, 0.1) is 12.3 Å². The average molecular weight is 320 g/mol. The van der Waals surface area contributed by atoms with E-state index in [4.69, 9.17) is 9.47 Å². The summed E-state index contributed by atoms with van der Waals surface area (Å²) in [5, 5.41) is 1.76. The van der Waals surface area contributed by atoms with Crippen molar-refractivity contribution < 1.29 is 19.1 Å². The molecule has 2 atom stereocenters. The molecule has 0 aromatic carbocycles. The lowest BCUT2D eigenvalue weighted by atomic mass is 9.94. The number of hydrogen-bond acceptors (Lipinski definition) is 6. The highest BCUT2D eigenvalue weighted by atomic mass is 16.6. The van der Waals surface area contributed by atoms with Crippen molar-refractivity contribution in [1.82, 2.24) is 10.4 Å². The van der Waals surface area contributed by atoms with Gasteiger partial charge in [0.15, 0.2) is 0 Å². The lowest BCUT2D eigenvalue weighted by Crippen LogP contribution is -2.46. The first-order valence-corrected chi connectivity index (χ1v) is 8.16. The second kappa shape index (κ2) is 5.67. The molecule has 2 bridgehead atoms. The van der Waals surface area contributed by atoms with Gasteiger partial charge in [-0.05, 0) is 57.6 Å². The Morgan fingerprint density at radius 2 is 2.13 bits per heavy atom. The highest BCUT2D eigenvalue weighted by Crippen LogP contribution is 2.49. The van der Waals surface area contributed by atoms with Crippen molar-refractivity contribution in [2.45, 2.75) is 52.2 Å². The predicted octanol–water partition coefficient (Wildman–Crippen LogP) is 1.68. The van der Waals surface area contributed by atoms with Crippen LogP contribution in [0.25, 0.3) is 0 Å². The predicted molar refractivity (Wildman–Crippen MR) is 83.9 cm³/mol. The molecule has 0 saturated carbocycles. The van der Waals surface area contributed by atoms with Crippen LogP contribution in [0.1, 0.15) is 40.5 Å². The second-order valence-electron chi connectivity index (χ2n) is 7.16. The van der Waals surface area contributed by atoms with Crippen LogP contribution in [0.15, 0.2) is 22.9 Å². The van der Waals surface area contributed by atoms with Crippen LogP contribution in [0.5, 0.6) is 0 Å². The van der Waals surface area contributed by atoms with Crippen molar-refractivity contribution in [1.29, 1.82) is 0 Å². The Balaban J connectivity index is 1.78. The van der Waals surface area contributed by atoms with Crippen molar-refractivity contribution in [3.8, 4) is 0 Å². The quantitative estimate of drug-likeness (QED) is 0.795. The van der Waals surface area contributed by atoms with Crippen LogP contribution in [0.2, 0.25) is 0 Å². The van der Waals surface area contributed by atoms with Crippen molar-refractivity contribution in [2.75, 3.05) is 13.2 Å². The van der Waals surface area contributed by atoms with E-state index in [1.807, 2.05) is 20.8 Å². The first-order chi connectivity index (χ1) is 10.8. The smallest absolute Gasteiger partial charge is 0.329 e. The SMILES string of the molecule is CCOC(=O)C1NN(CC(=O)OC(C)(C)C)C2=C1C1CC=C2C1. The van der Waals surface area contributed by atoms with Gasteiger partial charge < -0.3 is 9.47 Å². The summed E-state index contributed by atoms with van der Waals surface area (Å²) in [6, 6.07) is -0.483. The van der Waals surface area contributed by atoms with Gasteiger partial charge in [-0.1, -0.05) is 6.08 Å². The molecule has 2 aliphatic carbocycles. The zero-order valence-electron chi connectivity index (χ0n) is 14.1. The van der Waals surface area contributed by atoms with E-state index in [2.05, 4.69) is 11.5 Å². The molecular weight excluding hydrogens is 296 g/mol. The molecule has 3 rings (SSSR count). The van der Waals surface area contributed by atoms with Crippen LogP contribution >= 0.6 is 0 Å². The fraction of sp³-hybridized carbons (Fsp3) is 0.647. The second-order valence-corrected chi connectivity index (χ2v) is 7.16. The first-order valence-electron chi connectivity index (χ1n) is 8.16. The van der Waals surface area contributed by atoms with Gasteiger partial charge >= 0.3 is 11.9 Å². The number of carbonyl (C=O) groups excluding carboxylic acids is 2. The van der Waals surface area contributed by atoms with Gasteiger partial charge in [0.1, 0.15) is 18.2 Å². The Morgan fingerprint density at radius 3 is 2.78 bits per heavy atom. The molecule has 6 nitrogen and oxygen atoms in total. The molecule has 6 heteroatoms. The monoisotopic (exact) mass is 320 g/mol. The lowest BCUT2D eigenvalue weighted by molar-refractivity contribution is -0.157. The molecule has 1 aliphatic heterocycles. The number of nitrogens with one attached hydrogen (secondary N) is 1. The Morgan fingerprint density at radius 1 is 1.39 bits per heavy atom. The molecule has 0 amide bonds. The fourth-order valence-electron chi connectivity index (χ4n) is 3.55. The Hall–Kier alpha value is -1.82. The number of nitrogens with zero attached hydrogens (tertiary/aromatic N) is 1. The largest absolute Gasteiger partial charge is 0.465 e. The van der Waals surface area contributed by atoms with E-state index in [9.17, 15) is 9.59 Å². The highest BCUT2D eigenvalue weighted by Gasteiger charge is 2.48. The molecular formula is C17H24N2O4. The number of rotatable bonds is 4. The zero-order valence-corrected chi connectivity index (χ0v) is 14.1. The van der Waals surface area contributed by atoms with E-state index in [0.717, 1.165) is 24.1 Å². The summed E-state index contributed by atoms with van der Waals surface area (Å²) in [5.74, 6) is -0.241. The van der Waals surface area contributed by atoms with Crippen molar-refractivity contribution in [3.05, 3.63) is 22.9 Å². The van der Waals surface area contributed by atoms with Crippen molar-refractivity contribution in [2.24, 2.45) is 5.92 Å². The lowest BCUT2D eigenvalue weighted by Gasteiger charge is -2.26. The summed E-state index contributed by atoms with van der Waals surface area (Å²) in [7, 11) is 0. The van der Waals surface area contributed by atoms with E-state index in [1.54, 1.807) is 11.9 Å². The molecule has 0 fully saturated rings. The summed E-state index contributed by atoms with van der Waals surface area (Å²) in [6.45, 7) is 7.75. The number of ether oxygens (including phenoxy) is 2. The molecule has 3 aliphatic rings. The van der Waals surface area contributed by atoms with E-state index < -0.39 is 11.6 Å². The molecule has 0 spiro atoms. The van der Waals surface area contributed by atoms with Gasteiger partial charge in [-0.25, -0.2) is 10.2 Å². The first kappa shape index (κ1) is 16.1. The van der Waals surface area contributed by atoms with Crippen LogP contribution in [-0.4, -0.2) is 41.7 Å². The van der Waals surface area contributed by atoms with Crippen LogP contribution in [0.3, 0.4) is 0 Å². The van der Waals surface area contributed by atoms with Gasteiger partial charge in [0.25, 0.3) is 0 Å². The van der Waals surface area contributed by atoms with Gasteiger partial charge in [-0.15, -0.1) is 0 Å². The molecule has 0 aromatic rings. The van der Waals surface area contributed by atoms with Crippen molar-refractivity contribution in [3.63, 3.8) is 0 Å². The molecule has 126 valence electrons. The Bertz CT molecular complexity index is 600. The van der Waals surface area contributed by atoms with Crippen molar-refractivity contribution >= 4 is 11.9 Å². The minimum atomic E-state index is -0.525. The number of hydrogen-bond donors (Lipinski definition) is 1. The van der Waals surface area contributed by atoms with E-state index in [1.165, 1.54) is 5.57 Å². The van der Waals surface area contributed by atoms with Gasteiger partial charge in [-0.3, -0.25) is 9.80 Å². The Kier molecular flexibility index (Phi) is 3.96. The number of allylic oxidation sites excluding steroid dienone is 2. The summed E-state index contributed by atoms with van der Waals surface area (Å²) in [6.07, 6.45) is 4.11. The third kappa shape index (κ3) is 3.00. The molecule has 2 unspecified atom stereocenters. The summed E-state index contributed by atoms with van der Waals surface area (Å²) >= 11 is 0. The zero-order chi connectivity index (χ0) is 16.8. The van der Waals surface area contributed by atoms with E-state index >= 15 is 0 Å². The van der Waals surface area contributed by atoms with Gasteiger partial charge in [0, 0.05) is 0 Å². The third-order valence-electron chi connectivity index (χ3n) is 4.23. The van der Waals surface area contributed by atoms with E-state index in [0.29, 0.717) is 12.5 Å². The summed E-state index contributed by atoms with van der Waals surface area (Å²) < 4.78 is 10.6. The molecule has 23 heavy (non-hydrogen) atoms. The Labute approximate surface area is 136 Å². The molecule has 0 aromatic heterocycles. The number of esters is 2. The number of carbonyl (C=O) groups is 2. The summed E-state index contributed by atoms with van der Waals surface area (Å²) in [5.41, 5.74) is 5.89. The molecule has 0 radical (unpaired) electrons. The average Bonchev–Trinajstić information content (AvgIpc) is 3.08. The van der Waals surface area contributed by atoms with Gasteiger partial charge in [0.2, 0.25) is 0 Å². The molecule has 1 heterocycles. The highest BCUT2D eigenvalue weighted by molar-refractivity contribution is 5.83. The maximum Gasteiger partial charge on any atom is 0.329 e. The van der Waals surface area contributed by atoms with Gasteiger partial charge in [-0.2, -0.15) is 0 Å². The minimum Gasteiger partial charge on any atom is -0.465 e. The molecule has 1 N–H and O–H groups in total. The summed E-state index contributed by atoms with van der Waals surface area (Å²) in [4.78, 5) is 24.4. The fourth-order valence-corrected chi connectivity index (χ4v) is 3.55. The normalized spacial score (nSPS) is 25.6. The number of fused-ring (bicyclic) bond motifs is 4. The minimum absolute atomic E-state index is 0.0794. The topological polar surface area (TPSA) is 67.9 Å². The maximum atomic E-state index is 12.2. The number of hydrazine groups is 1. The van der Waals surface area contributed by atoms with Crippen LogP contribution in [0.4, 0.5) is 0 Å².